The Morgan fingerprint density at radius 1 is 1.28 bits per heavy atom. The predicted molar refractivity (Wildman–Crippen MR) is 124 cm³/mol. The number of rotatable bonds is 7. The average Bonchev–Trinajstić information content (AvgIpc) is 3.40. The number of aromatic nitrogens is 1. The van der Waals surface area contributed by atoms with Gasteiger partial charge in [-0.3, -0.25) is 4.79 Å². The van der Waals surface area contributed by atoms with E-state index in [-0.39, 0.29) is 11.9 Å². The topological polar surface area (TPSA) is 62.5 Å². The van der Waals surface area contributed by atoms with Gasteiger partial charge >= 0.3 is 0 Å². The Bertz CT molecular complexity index is 831. The number of fused-ring (bicyclic) bond motifs is 1. The lowest BCUT2D eigenvalue weighted by Gasteiger charge is -2.31. The Labute approximate surface area is 186 Å². The second-order valence-corrected chi connectivity index (χ2v) is 10.6. The first-order valence-corrected chi connectivity index (χ1v) is 12.9. The third kappa shape index (κ3) is 5.44. The highest BCUT2D eigenvalue weighted by Crippen LogP contribution is 2.34. The average molecular weight is 453 g/mol. The van der Waals surface area contributed by atoms with E-state index in [0.717, 1.165) is 80.5 Å². The lowest BCUT2D eigenvalue weighted by atomic mass is 9.97. The van der Waals surface area contributed by atoms with Crippen molar-refractivity contribution >= 4 is 50.8 Å². The SMILES string of the molecule is NC(CCCCN1CCC(c2nc3cc(Cl)ccc3s2)CC1)C(=O)N1CCSC1. The zero-order valence-electron chi connectivity index (χ0n) is 16.7. The minimum absolute atomic E-state index is 0.132. The molecule has 1 unspecified atom stereocenters. The van der Waals surface area contributed by atoms with Gasteiger partial charge in [-0.2, -0.15) is 0 Å². The van der Waals surface area contributed by atoms with Gasteiger partial charge in [0.1, 0.15) is 0 Å². The van der Waals surface area contributed by atoms with Crippen LogP contribution in [0.1, 0.15) is 43.0 Å². The maximum absolute atomic E-state index is 12.3. The highest BCUT2D eigenvalue weighted by Gasteiger charge is 2.25. The van der Waals surface area contributed by atoms with Crippen LogP contribution >= 0.6 is 34.7 Å². The number of halogens is 1. The smallest absolute Gasteiger partial charge is 0.240 e. The molecule has 2 aliphatic heterocycles. The number of amides is 1. The predicted octanol–water partition coefficient (Wildman–Crippen LogP) is 4.16. The number of carbonyl (C=O) groups is 1. The summed E-state index contributed by atoms with van der Waals surface area (Å²) in [4.78, 5) is 21.5. The largest absolute Gasteiger partial charge is 0.331 e. The van der Waals surface area contributed by atoms with Gasteiger partial charge in [0.05, 0.1) is 27.1 Å². The summed E-state index contributed by atoms with van der Waals surface area (Å²) in [7, 11) is 0. The van der Waals surface area contributed by atoms with Crippen LogP contribution in [-0.2, 0) is 4.79 Å². The molecule has 1 amide bonds. The molecule has 2 aliphatic rings. The van der Waals surface area contributed by atoms with E-state index in [4.69, 9.17) is 22.3 Å². The summed E-state index contributed by atoms with van der Waals surface area (Å²) >= 11 is 9.71. The summed E-state index contributed by atoms with van der Waals surface area (Å²) in [6, 6.07) is 5.65. The molecule has 1 aromatic carbocycles. The number of piperidine rings is 1. The lowest BCUT2D eigenvalue weighted by Crippen LogP contribution is -2.42. The highest BCUT2D eigenvalue weighted by atomic mass is 35.5. The Balaban J connectivity index is 1.16. The number of nitrogens with zero attached hydrogens (tertiary/aromatic N) is 3. The summed E-state index contributed by atoms with van der Waals surface area (Å²) in [5.41, 5.74) is 7.14. The number of carbonyl (C=O) groups excluding carboxylic acids is 1. The fourth-order valence-electron chi connectivity index (χ4n) is 4.14. The molecule has 2 aromatic rings. The van der Waals surface area contributed by atoms with Crippen molar-refractivity contribution in [3.05, 3.63) is 28.2 Å². The van der Waals surface area contributed by atoms with Crippen LogP contribution in [0.3, 0.4) is 0 Å². The first kappa shape index (κ1) is 21.4. The van der Waals surface area contributed by atoms with E-state index in [9.17, 15) is 4.79 Å². The second kappa shape index (κ2) is 9.96. The van der Waals surface area contributed by atoms with Gasteiger partial charge in [0.2, 0.25) is 5.91 Å². The number of likely N-dealkylation sites (tertiary alicyclic amines) is 1. The number of unbranched alkanes of at least 4 members (excludes halogenated alkanes) is 1. The number of benzene rings is 1. The van der Waals surface area contributed by atoms with Crippen LogP contribution < -0.4 is 5.73 Å². The van der Waals surface area contributed by atoms with Crippen LogP contribution in [0.5, 0.6) is 0 Å². The van der Waals surface area contributed by atoms with E-state index in [0.29, 0.717) is 5.92 Å². The van der Waals surface area contributed by atoms with Gasteiger partial charge in [-0.05, 0) is 63.5 Å². The molecular formula is C21H29ClN4OS2. The molecule has 0 aliphatic carbocycles. The maximum atomic E-state index is 12.3. The zero-order valence-corrected chi connectivity index (χ0v) is 19.1. The van der Waals surface area contributed by atoms with Crippen molar-refractivity contribution in [3.8, 4) is 0 Å². The van der Waals surface area contributed by atoms with Crippen LogP contribution in [0.2, 0.25) is 5.02 Å². The first-order valence-electron chi connectivity index (χ1n) is 10.5. The molecular weight excluding hydrogens is 424 g/mol. The van der Waals surface area contributed by atoms with E-state index >= 15 is 0 Å². The summed E-state index contributed by atoms with van der Waals surface area (Å²) in [6.45, 7) is 4.20. The summed E-state index contributed by atoms with van der Waals surface area (Å²) in [5.74, 6) is 2.54. The molecule has 2 N–H and O–H groups in total. The maximum Gasteiger partial charge on any atom is 0.240 e. The van der Waals surface area contributed by atoms with Gasteiger partial charge in [-0.25, -0.2) is 4.98 Å². The normalized spacial score (nSPS) is 19.9. The van der Waals surface area contributed by atoms with Crippen LogP contribution in [0, 0.1) is 0 Å². The van der Waals surface area contributed by atoms with E-state index in [1.54, 1.807) is 0 Å². The third-order valence-electron chi connectivity index (χ3n) is 5.92. The van der Waals surface area contributed by atoms with E-state index in [1.165, 1.54) is 9.71 Å². The van der Waals surface area contributed by atoms with Crippen molar-refractivity contribution in [1.29, 1.82) is 0 Å². The van der Waals surface area contributed by atoms with Crippen molar-refractivity contribution in [2.24, 2.45) is 5.73 Å². The molecule has 0 bridgehead atoms. The van der Waals surface area contributed by atoms with Crippen molar-refractivity contribution < 1.29 is 4.79 Å². The number of nitrogens with two attached hydrogens (primary N) is 1. The van der Waals surface area contributed by atoms with Gasteiger partial charge in [0, 0.05) is 23.2 Å². The minimum atomic E-state index is -0.327. The molecule has 4 rings (SSSR count). The molecule has 2 saturated heterocycles. The quantitative estimate of drug-likeness (QED) is 0.639. The fraction of sp³-hybridized carbons (Fsp3) is 0.619. The number of hydrogen-bond donors (Lipinski definition) is 1. The summed E-state index contributed by atoms with van der Waals surface area (Å²) in [5, 5.41) is 2.01. The van der Waals surface area contributed by atoms with Crippen LogP contribution in [0.4, 0.5) is 0 Å². The van der Waals surface area contributed by atoms with Crippen molar-refractivity contribution in [1.82, 2.24) is 14.8 Å². The van der Waals surface area contributed by atoms with Gasteiger partial charge in [-0.15, -0.1) is 23.1 Å². The van der Waals surface area contributed by atoms with Crippen LogP contribution in [0.25, 0.3) is 10.2 Å². The molecule has 5 nitrogen and oxygen atoms in total. The second-order valence-electron chi connectivity index (χ2n) is 8.02. The third-order valence-corrected chi connectivity index (χ3v) is 8.32. The monoisotopic (exact) mass is 452 g/mol. The van der Waals surface area contributed by atoms with E-state index < -0.39 is 0 Å². The number of hydrogen-bond acceptors (Lipinski definition) is 6. The standard InChI is InChI=1S/C21H29ClN4OS2/c22-16-4-5-19-18(13-16)24-20(29-19)15-6-9-25(10-7-15)8-2-1-3-17(23)21(27)26-11-12-28-14-26/h4-5,13,15,17H,1-3,6-12,14,23H2. The molecule has 1 aromatic heterocycles. The Kier molecular flexibility index (Phi) is 7.34. The summed E-state index contributed by atoms with van der Waals surface area (Å²) in [6.07, 6.45) is 5.26. The van der Waals surface area contributed by atoms with Crippen molar-refractivity contribution in [3.63, 3.8) is 0 Å². The molecule has 3 heterocycles. The Hall–Kier alpha value is -0.860. The van der Waals surface area contributed by atoms with Crippen molar-refractivity contribution in [2.45, 2.75) is 44.1 Å². The fourth-order valence-corrected chi connectivity index (χ4v) is 6.38. The lowest BCUT2D eigenvalue weighted by molar-refractivity contribution is -0.131. The van der Waals surface area contributed by atoms with Crippen molar-refractivity contribution in [2.75, 3.05) is 37.8 Å². The van der Waals surface area contributed by atoms with Crippen LogP contribution in [-0.4, -0.2) is 64.5 Å². The molecule has 1 atom stereocenters. The minimum Gasteiger partial charge on any atom is -0.331 e. The molecule has 0 radical (unpaired) electrons. The molecule has 0 saturated carbocycles. The Morgan fingerprint density at radius 3 is 2.86 bits per heavy atom. The molecule has 29 heavy (non-hydrogen) atoms. The molecule has 2 fully saturated rings. The van der Waals surface area contributed by atoms with Crippen LogP contribution in [0.15, 0.2) is 18.2 Å². The van der Waals surface area contributed by atoms with E-state index in [1.807, 2.05) is 40.1 Å². The Morgan fingerprint density at radius 2 is 2.10 bits per heavy atom. The molecule has 8 heteroatoms. The van der Waals surface area contributed by atoms with E-state index in [2.05, 4.69) is 11.0 Å². The number of thiazole rings is 1. The van der Waals surface area contributed by atoms with Gasteiger partial charge in [0.15, 0.2) is 0 Å². The zero-order chi connectivity index (χ0) is 20.2. The molecule has 158 valence electrons. The van der Waals surface area contributed by atoms with Gasteiger partial charge in [-0.1, -0.05) is 18.0 Å². The summed E-state index contributed by atoms with van der Waals surface area (Å²) < 4.78 is 1.23. The number of thioether (sulfide) groups is 1. The highest BCUT2D eigenvalue weighted by molar-refractivity contribution is 7.99. The van der Waals surface area contributed by atoms with Gasteiger partial charge in [0.25, 0.3) is 0 Å². The molecule has 0 spiro atoms. The first-order chi connectivity index (χ1) is 14.1. The van der Waals surface area contributed by atoms with Gasteiger partial charge < -0.3 is 15.5 Å².